The predicted octanol–water partition coefficient (Wildman–Crippen LogP) is 1.63. The van der Waals surface area contributed by atoms with Crippen LogP contribution in [0.3, 0.4) is 0 Å². The minimum atomic E-state index is -0.830. The summed E-state index contributed by atoms with van der Waals surface area (Å²) in [7, 11) is 0. The lowest BCUT2D eigenvalue weighted by atomic mass is 10.0. The summed E-state index contributed by atoms with van der Waals surface area (Å²) < 4.78 is 4.38. The van der Waals surface area contributed by atoms with Gasteiger partial charge in [0.2, 0.25) is 17.7 Å². The van der Waals surface area contributed by atoms with E-state index in [1.165, 1.54) is 11.5 Å². The zero-order valence-electron chi connectivity index (χ0n) is 22.4. The molecule has 2 aromatic carbocycles. The van der Waals surface area contributed by atoms with Gasteiger partial charge in [0.15, 0.2) is 5.82 Å². The van der Waals surface area contributed by atoms with Gasteiger partial charge >= 0.3 is 0 Å². The molecule has 2 unspecified atom stereocenters. The number of carbonyl (C=O) groups excluding carboxylic acids is 3. The number of carbonyl (C=O) groups is 3. The molecule has 0 fully saturated rings. The molecule has 39 heavy (non-hydrogen) atoms. The van der Waals surface area contributed by atoms with Crippen molar-refractivity contribution < 1.29 is 14.4 Å². The summed E-state index contributed by atoms with van der Waals surface area (Å²) in [4.78, 5) is 45.1. The van der Waals surface area contributed by atoms with E-state index < -0.39 is 12.0 Å². The molecule has 0 aliphatic rings. The second-order valence-electron chi connectivity index (χ2n) is 9.41. The molecule has 0 saturated heterocycles. The maximum atomic E-state index is 13.3. The number of hydrogen-bond acceptors (Lipinski definition) is 8. The number of aryl methyl sites for hydroxylation is 1. The van der Waals surface area contributed by atoms with Gasteiger partial charge in [0.25, 0.3) is 0 Å². The number of nitrogens with two attached hydrogens (primary N) is 2. The van der Waals surface area contributed by atoms with Crippen molar-refractivity contribution in [3.63, 3.8) is 0 Å². The van der Waals surface area contributed by atoms with E-state index in [0.29, 0.717) is 43.4 Å². The van der Waals surface area contributed by atoms with Crippen LogP contribution in [0.1, 0.15) is 29.5 Å². The highest BCUT2D eigenvalue weighted by molar-refractivity contribution is 7.05. The summed E-state index contributed by atoms with van der Waals surface area (Å²) in [6.07, 6.45) is 0.300. The zero-order valence-corrected chi connectivity index (χ0v) is 23.2. The van der Waals surface area contributed by atoms with Gasteiger partial charge in [-0.1, -0.05) is 67.1 Å². The Balaban J connectivity index is 1.66. The molecule has 2 atom stereocenters. The van der Waals surface area contributed by atoms with Gasteiger partial charge in [-0.3, -0.25) is 14.4 Å². The Hall–Kier alpha value is -3.67. The van der Waals surface area contributed by atoms with Crippen LogP contribution in [0, 0.1) is 12.8 Å². The summed E-state index contributed by atoms with van der Waals surface area (Å²) in [6, 6.07) is 16.6. The van der Waals surface area contributed by atoms with E-state index in [0.717, 1.165) is 16.7 Å². The van der Waals surface area contributed by atoms with E-state index >= 15 is 0 Å². The van der Waals surface area contributed by atoms with Gasteiger partial charge < -0.3 is 27.0 Å². The molecule has 0 aliphatic carbocycles. The number of nitrogens with zero attached hydrogens (tertiary/aromatic N) is 3. The van der Waals surface area contributed by atoms with Crippen LogP contribution in [-0.2, 0) is 27.3 Å². The minimum absolute atomic E-state index is 0.00223. The van der Waals surface area contributed by atoms with Gasteiger partial charge in [0.05, 0.1) is 6.54 Å². The molecule has 0 aliphatic heterocycles. The van der Waals surface area contributed by atoms with E-state index in [2.05, 4.69) is 20.0 Å². The lowest BCUT2D eigenvalue weighted by Crippen LogP contribution is -2.49. The van der Waals surface area contributed by atoms with Crippen LogP contribution in [0.4, 0.5) is 0 Å². The van der Waals surface area contributed by atoms with Crippen molar-refractivity contribution in [2.24, 2.45) is 17.4 Å². The van der Waals surface area contributed by atoms with Crippen LogP contribution in [0.2, 0.25) is 0 Å². The highest BCUT2D eigenvalue weighted by Crippen LogP contribution is 2.17. The number of rotatable bonds is 14. The average molecular weight is 552 g/mol. The van der Waals surface area contributed by atoms with Crippen molar-refractivity contribution in [1.29, 1.82) is 0 Å². The third kappa shape index (κ3) is 9.24. The maximum absolute atomic E-state index is 13.3. The van der Waals surface area contributed by atoms with Crippen LogP contribution < -0.4 is 22.1 Å². The van der Waals surface area contributed by atoms with Gasteiger partial charge in [-0.25, -0.2) is 4.98 Å². The maximum Gasteiger partial charge on any atom is 0.243 e. The SMILES string of the molecule is Cc1ccc(CC(NC(=O)C(C)CC(=O)N(CCN)CCN)C(=O)NCc2nc(-c3ccccc3)ns2)cc1. The Bertz CT molecular complexity index is 1210. The Morgan fingerprint density at radius 1 is 0.974 bits per heavy atom. The number of hydrogen-bond donors (Lipinski definition) is 4. The van der Waals surface area contributed by atoms with Gasteiger partial charge in [-0.2, -0.15) is 4.37 Å². The van der Waals surface area contributed by atoms with Crippen LogP contribution in [-0.4, -0.2) is 64.2 Å². The highest BCUT2D eigenvalue weighted by atomic mass is 32.1. The van der Waals surface area contributed by atoms with E-state index in [-0.39, 0.29) is 30.7 Å². The fraction of sp³-hybridized carbons (Fsp3) is 0.393. The molecule has 1 heterocycles. The highest BCUT2D eigenvalue weighted by Gasteiger charge is 2.26. The molecule has 3 amide bonds. The zero-order chi connectivity index (χ0) is 28.2. The Morgan fingerprint density at radius 2 is 1.64 bits per heavy atom. The first-order chi connectivity index (χ1) is 18.8. The fourth-order valence-corrected chi connectivity index (χ4v) is 4.56. The average Bonchev–Trinajstić information content (AvgIpc) is 3.42. The predicted molar refractivity (Wildman–Crippen MR) is 152 cm³/mol. The summed E-state index contributed by atoms with van der Waals surface area (Å²) in [5, 5.41) is 6.39. The number of nitrogens with one attached hydrogen (secondary N) is 2. The molecule has 208 valence electrons. The van der Waals surface area contributed by atoms with E-state index in [4.69, 9.17) is 11.5 Å². The molecule has 0 saturated carbocycles. The van der Waals surface area contributed by atoms with Crippen LogP contribution >= 0.6 is 11.5 Å². The quantitative estimate of drug-likeness (QED) is 0.237. The third-order valence-electron chi connectivity index (χ3n) is 6.19. The third-order valence-corrected chi connectivity index (χ3v) is 6.90. The summed E-state index contributed by atoms with van der Waals surface area (Å²) in [5.41, 5.74) is 14.1. The van der Waals surface area contributed by atoms with Crippen LogP contribution in [0.25, 0.3) is 11.4 Å². The molecule has 1 aromatic heterocycles. The van der Waals surface area contributed by atoms with Crippen molar-refractivity contribution in [2.45, 2.75) is 39.3 Å². The fourth-order valence-electron chi connectivity index (χ4n) is 3.96. The smallest absolute Gasteiger partial charge is 0.243 e. The molecule has 6 N–H and O–H groups in total. The van der Waals surface area contributed by atoms with E-state index in [9.17, 15) is 14.4 Å². The molecular weight excluding hydrogens is 514 g/mol. The Morgan fingerprint density at radius 3 is 2.28 bits per heavy atom. The van der Waals surface area contributed by atoms with Crippen molar-refractivity contribution in [3.8, 4) is 11.4 Å². The first-order valence-corrected chi connectivity index (χ1v) is 13.8. The molecule has 0 radical (unpaired) electrons. The standard InChI is InChI=1S/C28H37N7O3S/c1-19-8-10-21(11-9-19)17-23(32-27(37)20(2)16-25(36)35(14-12-29)15-13-30)28(38)31-18-24-33-26(34-39-24)22-6-4-3-5-7-22/h3-11,20,23H,12-18,29-30H2,1-2H3,(H,31,38)(H,32,37). The van der Waals surface area contributed by atoms with Crippen LogP contribution in [0.15, 0.2) is 54.6 Å². The second-order valence-corrected chi connectivity index (χ2v) is 10.2. The molecule has 3 rings (SSSR count). The van der Waals surface area contributed by atoms with Crippen molar-refractivity contribution in [1.82, 2.24) is 24.9 Å². The first kappa shape index (κ1) is 29.9. The number of aromatic nitrogens is 2. The normalized spacial score (nSPS) is 12.4. The largest absolute Gasteiger partial charge is 0.348 e. The monoisotopic (exact) mass is 551 g/mol. The van der Waals surface area contributed by atoms with E-state index in [1.54, 1.807) is 11.8 Å². The molecule has 11 heteroatoms. The van der Waals surface area contributed by atoms with Gasteiger partial charge in [0, 0.05) is 50.5 Å². The Kier molecular flexibility index (Phi) is 11.5. The summed E-state index contributed by atoms with van der Waals surface area (Å²) in [5.74, 6) is -0.949. The van der Waals surface area contributed by atoms with Gasteiger partial charge in [0.1, 0.15) is 11.0 Å². The summed E-state index contributed by atoms with van der Waals surface area (Å²) >= 11 is 1.22. The second kappa shape index (κ2) is 15.1. The Labute approximate surface area is 233 Å². The molecule has 3 aromatic rings. The van der Waals surface area contributed by atoms with Crippen molar-refractivity contribution in [2.75, 3.05) is 26.2 Å². The van der Waals surface area contributed by atoms with Gasteiger partial charge in [-0.15, -0.1) is 0 Å². The van der Waals surface area contributed by atoms with Gasteiger partial charge in [-0.05, 0) is 24.0 Å². The topological polar surface area (TPSA) is 156 Å². The lowest BCUT2D eigenvalue weighted by Gasteiger charge is -2.24. The summed E-state index contributed by atoms with van der Waals surface area (Å²) in [6.45, 7) is 5.22. The molecule has 0 spiro atoms. The number of benzene rings is 2. The van der Waals surface area contributed by atoms with Crippen molar-refractivity contribution in [3.05, 3.63) is 70.7 Å². The molecule has 0 bridgehead atoms. The van der Waals surface area contributed by atoms with Crippen LogP contribution in [0.5, 0.6) is 0 Å². The lowest BCUT2D eigenvalue weighted by molar-refractivity contribution is -0.136. The molecular formula is C28H37N7O3S. The van der Waals surface area contributed by atoms with E-state index in [1.807, 2.05) is 61.5 Å². The minimum Gasteiger partial charge on any atom is -0.348 e. The molecule has 10 nitrogen and oxygen atoms in total. The van der Waals surface area contributed by atoms with Crippen molar-refractivity contribution >= 4 is 29.3 Å². The first-order valence-electron chi connectivity index (χ1n) is 13.0. The number of amides is 3.